The van der Waals surface area contributed by atoms with Crippen molar-refractivity contribution in [3.63, 3.8) is 0 Å². The number of halogens is 1. The molecule has 1 heterocycles. The predicted molar refractivity (Wildman–Crippen MR) is 63.7 cm³/mol. The smallest absolute Gasteiger partial charge is 0.222 e. The van der Waals surface area contributed by atoms with Gasteiger partial charge in [0.2, 0.25) is 5.91 Å². The highest BCUT2D eigenvalue weighted by molar-refractivity contribution is 9.10. The van der Waals surface area contributed by atoms with Gasteiger partial charge in [0, 0.05) is 12.3 Å². The molecule has 1 aromatic carbocycles. The Kier molecular flexibility index (Phi) is 2.68. The number of carbonyl (C=O) groups is 1. The number of nitrogens with zero attached hydrogens (tertiary/aromatic N) is 1. The maximum atomic E-state index is 10.9. The van der Waals surface area contributed by atoms with Gasteiger partial charge >= 0.3 is 0 Å². The van der Waals surface area contributed by atoms with Gasteiger partial charge in [0.05, 0.1) is 0 Å². The Labute approximate surface area is 95.6 Å². The Morgan fingerprint density at radius 1 is 1.40 bits per heavy atom. The molecule has 0 saturated carbocycles. The molecule has 0 saturated heterocycles. The molecule has 2 aromatic rings. The van der Waals surface area contributed by atoms with Crippen molar-refractivity contribution in [1.82, 2.24) is 4.98 Å². The Bertz CT molecular complexity index is 525. The average molecular weight is 265 g/mol. The number of amides is 1. The molecule has 4 heteroatoms. The van der Waals surface area contributed by atoms with Gasteiger partial charge in [-0.15, -0.1) is 0 Å². The first kappa shape index (κ1) is 10.1. The summed E-state index contributed by atoms with van der Waals surface area (Å²) in [6.07, 6.45) is 0. The lowest BCUT2D eigenvalue weighted by atomic mass is 10.2. The molecular weight excluding hydrogens is 256 g/mol. The van der Waals surface area contributed by atoms with Crippen LogP contribution in [0.5, 0.6) is 0 Å². The van der Waals surface area contributed by atoms with Crippen molar-refractivity contribution >= 4 is 38.4 Å². The van der Waals surface area contributed by atoms with Crippen LogP contribution in [-0.2, 0) is 4.79 Å². The van der Waals surface area contributed by atoms with Crippen LogP contribution in [0.4, 0.5) is 5.82 Å². The molecule has 0 aliphatic heterocycles. The lowest BCUT2D eigenvalue weighted by molar-refractivity contribution is -0.114. The summed E-state index contributed by atoms with van der Waals surface area (Å²) in [5.74, 6) is 0.442. The molecule has 0 aliphatic rings. The second-order valence-electron chi connectivity index (χ2n) is 3.20. The topological polar surface area (TPSA) is 42.0 Å². The molecule has 0 aliphatic carbocycles. The highest BCUT2D eigenvalue weighted by Gasteiger charge is 2.03. The highest BCUT2D eigenvalue weighted by atomic mass is 79.9. The van der Waals surface area contributed by atoms with Crippen LogP contribution in [0.2, 0.25) is 0 Å². The minimum atomic E-state index is -0.121. The maximum absolute atomic E-state index is 10.9. The number of hydrogen-bond acceptors (Lipinski definition) is 2. The normalized spacial score (nSPS) is 10.3. The van der Waals surface area contributed by atoms with Crippen LogP contribution < -0.4 is 5.32 Å². The van der Waals surface area contributed by atoms with Crippen molar-refractivity contribution < 1.29 is 4.79 Å². The zero-order chi connectivity index (χ0) is 10.8. The zero-order valence-corrected chi connectivity index (χ0v) is 9.71. The zero-order valence-electron chi connectivity index (χ0n) is 8.12. The summed E-state index contributed by atoms with van der Waals surface area (Å²) < 4.78 is 0.740. The van der Waals surface area contributed by atoms with Crippen molar-refractivity contribution in [3.8, 4) is 0 Å². The number of rotatable bonds is 1. The number of fused-ring (bicyclic) bond motifs is 1. The van der Waals surface area contributed by atoms with Crippen LogP contribution in [0.1, 0.15) is 6.92 Å². The van der Waals surface area contributed by atoms with Crippen molar-refractivity contribution in [2.24, 2.45) is 0 Å². The van der Waals surface area contributed by atoms with Crippen LogP contribution in [0.3, 0.4) is 0 Å². The second-order valence-corrected chi connectivity index (χ2v) is 3.95. The molecule has 0 radical (unpaired) electrons. The Morgan fingerprint density at radius 2 is 2.13 bits per heavy atom. The number of carbonyl (C=O) groups excluding carboxylic acids is 1. The lowest BCUT2D eigenvalue weighted by Gasteiger charge is -2.05. The molecule has 76 valence electrons. The van der Waals surface area contributed by atoms with Gasteiger partial charge in [-0.3, -0.25) is 4.79 Å². The summed E-state index contributed by atoms with van der Waals surface area (Å²) in [5, 5.41) is 4.74. The minimum absolute atomic E-state index is 0.121. The van der Waals surface area contributed by atoms with E-state index in [2.05, 4.69) is 26.2 Å². The quantitative estimate of drug-likeness (QED) is 0.805. The Hall–Kier alpha value is -1.42. The molecule has 1 N–H and O–H groups in total. The minimum Gasteiger partial charge on any atom is -0.311 e. The molecule has 1 amide bonds. The third-order valence-electron chi connectivity index (χ3n) is 2.00. The number of aromatic nitrogens is 1. The van der Waals surface area contributed by atoms with E-state index in [1.807, 2.05) is 30.3 Å². The summed E-state index contributed by atoms with van der Waals surface area (Å²) in [5.41, 5.74) is 0. The van der Waals surface area contributed by atoms with Crippen molar-refractivity contribution in [1.29, 1.82) is 0 Å². The second kappa shape index (κ2) is 3.98. The molecule has 0 spiro atoms. The summed E-state index contributed by atoms with van der Waals surface area (Å²) in [6.45, 7) is 1.46. The average Bonchev–Trinajstić information content (AvgIpc) is 2.16. The van der Waals surface area contributed by atoms with E-state index >= 15 is 0 Å². The number of nitrogens with one attached hydrogen (secondary N) is 1. The first-order valence-electron chi connectivity index (χ1n) is 4.50. The van der Waals surface area contributed by atoms with Gasteiger partial charge in [0.25, 0.3) is 0 Å². The molecule has 1 aromatic heterocycles. The van der Waals surface area contributed by atoms with E-state index < -0.39 is 0 Å². The van der Waals surface area contributed by atoms with Gasteiger partial charge < -0.3 is 5.32 Å². The first-order valence-corrected chi connectivity index (χ1v) is 5.29. The number of pyridine rings is 1. The van der Waals surface area contributed by atoms with Crippen LogP contribution in [-0.4, -0.2) is 10.9 Å². The van der Waals surface area contributed by atoms with Crippen LogP contribution in [0.15, 0.2) is 34.9 Å². The molecule has 15 heavy (non-hydrogen) atoms. The molecule has 0 atom stereocenters. The first-order chi connectivity index (χ1) is 7.16. The summed E-state index contributed by atoms with van der Waals surface area (Å²) in [4.78, 5) is 15.1. The standard InChI is InChI=1S/C11H9BrN2O/c1-7(15)13-10-6-8-4-2-3-5-9(8)11(12)14-10/h2-6H,1H3,(H,13,14,15). The van der Waals surface area contributed by atoms with E-state index in [1.165, 1.54) is 6.92 Å². The van der Waals surface area contributed by atoms with E-state index in [1.54, 1.807) is 0 Å². The summed E-state index contributed by atoms with van der Waals surface area (Å²) in [7, 11) is 0. The third-order valence-corrected chi connectivity index (χ3v) is 2.60. The fraction of sp³-hybridized carbons (Fsp3) is 0.0909. The molecular formula is C11H9BrN2O. The summed E-state index contributed by atoms with van der Waals surface area (Å²) in [6, 6.07) is 9.71. The highest BCUT2D eigenvalue weighted by Crippen LogP contribution is 2.24. The Morgan fingerprint density at radius 3 is 2.87 bits per heavy atom. The van der Waals surface area contributed by atoms with Crippen molar-refractivity contribution in [3.05, 3.63) is 34.9 Å². The van der Waals surface area contributed by atoms with Crippen LogP contribution in [0.25, 0.3) is 10.8 Å². The number of hydrogen-bond donors (Lipinski definition) is 1. The fourth-order valence-electron chi connectivity index (χ4n) is 1.40. The Balaban J connectivity index is 2.57. The van der Waals surface area contributed by atoms with Crippen molar-refractivity contribution in [2.75, 3.05) is 5.32 Å². The number of benzene rings is 1. The lowest BCUT2D eigenvalue weighted by Crippen LogP contribution is -2.07. The van der Waals surface area contributed by atoms with Crippen molar-refractivity contribution in [2.45, 2.75) is 6.92 Å². The van der Waals surface area contributed by atoms with E-state index in [4.69, 9.17) is 0 Å². The van der Waals surface area contributed by atoms with E-state index in [9.17, 15) is 4.79 Å². The molecule has 0 unspecified atom stereocenters. The maximum Gasteiger partial charge on any atom is 0.222 e. The van der Waals surface area contributed by atoms with Gasteiger partial charge in [0.15, 0.2) is 0 Å². The summed E-state index contributed by atoms with van der Waals surface area (Å²) >= 11 is 3.38. The van der Waals surface area contributed by atoms with Gasteiger partial charge in [-0.05, 0) is 27.4 Å². The fourth-order valence-corrected chi connectivity index (χ4v) is 1.95. The van der Waals surface area contributed by atoms with Gasteiger partial charge in [-0.1, -0.05) is 24.3 Å². The monoisotopic (exact) mass is 264 g/mol. The van der Waals surface area contributed by atoms with Gasteiger partial charge in [-0.2, -0.15) is 0 Å². The third kappa shape index (κ3) is 2.15. The van der Waals surface area contributed by atoms with E-state index in [-0.39, 0.29) is 5.91 Å². The number of anilines is 1. The molecule has 0 fully saturated rings. The van der Waals surface area contributed by atoms with E-state index in [0.717, 1.165) is 15.4 Å². The molecule has 0 bridgehead atoms. The van der Waals surface area contributed by atoms with Crippen LogP contribution in [0, 0.1) is 0 Å². The molecule has 2 rings (SSSR count). The largest absolute Gasteiger partial charge is 0.311 e. The molecule has 3 nitrogen and oxygen atoms in total. The predicted octanol–water partition coefficient (Wildman–Crippen LogP) is 2.96. The SMILES string of the molecule is CC(=O)Nc1cc2ccccc2c(Br)n1. The van der Waals surface area contributed by atoms with Gasteiger partial charge in [-0.25, -0.2) is 4.98 Å². The van der Waals surface area contributed by atoms with E-state index in [0.29, 0.717) is 5.82 Å². The van der Waals surface area contributed by atoms with Gasteiger partial charge in [0.1, 0.15) is 10.4 Å². The van der Waals surface area contributed by atoms with Crippen LogP contribution >= 0.6 is 15.9 Å².